The molecule has 0 aliphatic carbocycles. The van der Waals surface area contributed by atoms with Gasteiger partial charge in [-0.05, 0) is 30.3 Å². The minimum absolute atomic E-state index is 0. The molecule has 3 aromatic rings. The zero-order chi connectivity index (χ0) is 18.2. The zero-order valence-corrected chi connectivity index (χ0v) is 18.2. The molecular formula is C14H12N3NaO5S3. The Hall–Kier alpha value is -1.21. The van der Waals surface area contributed by atoms with Crippen LogP contribution in [0, 0.1) is 0 Å². The first-order valence-electron chi connectivity index (χ1n) is 6.84. The molecule has 2 aromatic carbocycles. The monoisotopic (exact) mass is 421 g/mol. The van der Waals surface area contributed by atoms with Crippen molar-refractivity contribution in [2.75, 3.05) is 0 Å². The molecule has 0 spiro atoms. The fourth-order valence-electron chi connectivity index (χ4n) is 2.14. The summed E-state index contributed by atoms with van der Waals surface area (Å²) in [4.78, 5) is 1.49. The molecule has 8 nitrogen and oxygen atoms in total. The van der Waals surface area contributed by atoms with E-state index in [0.717, 1.165) is 22.3 Å². The van der Waals surface area contributed by atoms with Crippen LogP contribution in [-0.2, 0) is 27.2 Å². The quantitative estimate of drug-likeness (QED) is 0.295. The Labute approximate surface area is 176 Å². The Balaban J connectivity index is 0.00000243. The van der Waals surface area contributed by atoms with Gasteiger partial charge in [-0.2, -0.15) is 13.2 Å². The third-order valence-corrected chi connectivity index (χ3v) is 6.53. The summed E-state index contributed by atoms with van der Waals surface area (Å²) in [7, 11) is -7.13. The largest absolute Gasteiger partial charge is 1.00 e. The van der Waals surface area contributed by atoms with E-state index in [0.29, 0.717) is 4.80 Å². The molecule has 26 heavy (non-hydrogen) atoms. The van der Waals surface area contributed by atoms with Crippen LogP contribution in [0.25, 0.3) is 10.2 Å². The average molecular weight is 421 g/mol. The van der Waals surface area contributed by atoms with Crippen LogP contribution in [0.2, 0.25) is 0 Å². The van der Waals surface area contributed by atoms with Gasteiger partial charge in [0.2, 0.25) is 4.80 Å². The average Bonchev–Trinajstić information content (AvgIpc) is 2.89. The first kappa shape index (κ1) is 21.1. The number of nitrogens with zero attached hydrogens (tertiary/aromatic N) is 2. The Morgan fingerprint density at radius 2 is 1.69 bits per heavy atom. The van der Waals surface area contributed by atoms with Gasteiger partial charge in [0.15, 0.2) is 0 Å². The summed E-state index contributed by atoms with van der Waals surface area (Å²) < 4.78 is 60.4. The van der Waals surface area contributed by atoms with Crippen LogP contribution in [0.5, 0.6) is 0 Å². The molecule has 1 N–H and O–H groups in total. The first-order chi connectivity index (χ1) is 11.7. The maximum absolute atomic E-state index is 12.3. The molecule has 0 aliphatic rings. The summed E-state index contributed by atoms with van der Waals surface area (Å²) in [6.07, 6.45) is 0. The molecule has 0 bridgehead atoms. The van der Waals surface area contributed by atoms with Crippen LogP contribution in [0.3, 0.4) is 0 Å². The van der Waals surface area contributed by atoms with Crippen LogP contribution in [-0.4, -0.2) is 26.0 Å². The minimum Gasteiger partial charge on any atom is -0.744 e. The number of aromatic nitrogens is 1. The number of para-hydroxylation sites is 1. The maximum Gasteiger partial charge on any atom is 1.00 e. The van der Waals surface area contributed by atoms with Crippen molar-refractivity contribution in [1.29, 1.82) is 0 Å². The minimum atomic E-state index is -4.75. The molecule has 0 saturated carbocycles. The normalized spacial score (nSPS) is 12.8. The van der Waals surface area contributed by atoms with Crippen LogP contribution in [0.1, 0.15) is 0 Å². The molecule has 1 aromatic heterocycles. The van der Waals surface area contributed by atoms with Crippen LogP contribution in [0.15, 0.2) is 63.4 Å². The first-order valence-corrected chi connectivity index (χ1v) is 10.6. The molecule has 12 heteroatoms. The Kier molecular flexibility index (Phi) is 6.33. The molecular weight excluding hydrogens is 409 g/mol. The molecule has 132 valence electrons. The van der Waals surface area contributed by atoms with Crippen molar-refractivity contribution in [2.24, 2.45) is 12.1 Å². The fourth-order valence-corrected chi connectivity index (χ4v) is 4.62. The van der Waals surface area contributed by atoms with E-state index in [9.17, 15) is 21.4 Å². The zero-order valence-electron chi connectivity index (χ0n) is 13.8. The van der Waals surface area contributed by atoms with Gasteiger partial charge in [0, 0.05) is 7.05 Å². The van der Waals surface area contributed by atoms with Crippen molar-refractivity contribution >= 4 is 41.7 Å². The second kappa shape index (κ2) is 7.80. The van der Waals surface area contributed by atoms with E-state index in [1.54, 1.807) is 11.6 Å². The standard InChI is InChI=1S/C14H13N3O5S3.Na/c1-17-12-7-2-3-8-13(12)23-14(17)15-16-24(18,19)10-5-4-6-11(9-10)25(20,21)22;/h2-9,16H,1H3,(H,20,21,22);/q;+1/p-1/b15-14+;. The number of nitrogens with one attached hydrogen (secondary N) is 1. The van der Waals surface area contributed by atoms with Gasteiger partial charge < -0.3 is 9.12 Å². The van der Waals surface area contributed by atoms with E-state index in [1.165, 1.54) is 23.5 Å². The molecule has 0 radical (unpaired) electrons. The Morgan fingerprint density at radius 3 is 2.35 bits per heavy atom. The summed E-state index contributed by atoms with van der Waals surface area (Å²) in [6, 6.07) is 11.7. The van der Waals surface area contributed by atoms with E-state index < -0.39 is 25.0 Å². The number of aryl methyl sites for hydroxylation is 1. The predicted octanol–water partition coefficient (Wildman–Crippen LogP) is -2.06. The van der Waals surface area contributed by atoms with Crippen molar-refractivity contribution in [3.05, 3.63) is 53.3 Å². The third kappa shape index (κ3) is 4.36. The van der Waals surface area contributed by atoms with E-state index in [-0.39, 0.29) is 34.5 Å². The number of sulfonamides is 1. The smallest absolute Gasteiger partial charge is 0.744 e. The molecule has 0 saturated heterocycles. The number of hydrogen-bond donors (Lipinski definition) is 1. The van der Waals surface area contributed by atoms with E-state index in [4.69, 9.17) is 0 Å². The van der Waals surface area contributed by atoms with Gasteiger partial charge in [0.05, 0.1) is 20.0 Å². The molecule has 0 aliphatic heterocycles. The maximum atomic E-state index is 12.3. The van der Waals surface area contributed by atoms with Crippen molar-refractivity contribution in [3.8, 4) is 0 Å². The number of hydrogen-bond acceptors (Lipinski definition) is 7. The van der Waals surface area contributed by atoms with Gasteiger partial charge in [-0.15, -0.1) is 5.10 Å². The van der Waals surface area contributed by atoms with E-state index in [2.05, 4.69) is 9.93 Å². The molecule has 3 rings (SSSR count). The van der Waals surface area contributed by atoms with Crippen molar-refractivity contribution in [2.45, 2.75) is 9.79 Å². The predicted molar refractivity (Wildman–Crippen MR) is 91.1 cm³/mol. The fraction of sp³-hybridized carbons (Fsp3) is 0.0714. The van der Waals surface area contributed by atoms with Crippen LogP contribution < -0.4 is 39.2 Å². The number of benzene rings is 2. The van der Waals surface area contributed by atoms with Gasteiger partial charge in [-0.3, -0.25) is 0 Å². The van der Waals surface area contributed by atoms with E-state index >= 15 is 0 Å². The SMILES string of the molecule is Cn1/c(=N\NS(=O)(=O)c2cccc(S(=O)(=O)[O-])c2)sc2ccccc21.[Na+]. The van der Waals surface area contributed by atoms with Gasteiger partial charge in [0.25, 0.3) is 10.0 Å². The summed E-state index contributed by atoms with van der Waals surface area (Å²) in [5.74, 6) is 0. The molecule has 0 fully saturated rings. The summed E-state index contributed by atoms with van der Waals surface area (Å²) in [6.45, 7) is 0. The van der Waals surface area contributed by atoms with E-state index in [1.807, 2.05) is 24.3 Å². The molecule has 1 heterocycles. The summed E-state index contributed by atoms with van der Waals surface area (Å²) in [5, 5.41) is 3.90. The third-order valence-electron chi connectivity index (χ3n) is 3.38. The second-order valence-electron chi connectivity index (χ2n) is 5.05. The van der Waals surface area contributed by atoms with Gasteiger partial charge in [0.1, 0.15) is 10.1 Å². The van der Waals surface area contributed by atoms with Gasteiger partial charge in [-0.25, -0.2) is 8.42 Å². The van der Waals surface area contributed by atoms with Gasteiger partial charge >= 0.3 is 29.6 Å². The van der Waals surface area contributed by atoms with Crippen LogP contribution in [0.4, 0.5) is 0 Å². The van der Waals surface area contributed by atoms with Crippen molar-refractivity contribution in [3.63, 3.8) is 0 Å². The summed E-state index contributed by atoms with van der Waals surface area (Å²) in [5.41, 5.74) is 0.893. The van der Waals surface area contributed by atoms with Gasteiger partial charge in [-0.1, -0.05) is 29.5 Å². The second-order valence-corrected chi connectivity index (χ2v) is 9.10. The molecule has 0 amide bonds. The number of rotatable bonds is 4. The van der Waals surface area contributed by atoms with Crippen LogP contribution >= 0.6 is 11.3 Å². The topological polar surface area (TPSA) is 121 Å². The number of fused-ring (bicyclic) bond motifs is 1. The van der Waals surface area contributed by atoms with Crippen molar-refractivity contribution in [1.82, 2.24) is 9.40 Å². The Morgan fingerprint density at radius 1 is 1.04 bits per heavy atom. The number of thiazole rings is 1. The summed E-state index contributed by atoms with van der Waals surface area (Å²) >= 11 is 1.29. The van der Waals surface area contributed by atoms with Crippen molar-refractivity contribution < 1.29 is 50.9 Å². The molecule has 0 unspecified atom stereocenters. The molecule has 0 atom stereocenters. The Bertz CT molecular complexity index is 1230.